The molecule has 0 aliphatic carbocycles. The minimum atomic E-state index is 0.459. The molecule has 1 atom stereocenters. The number of hydrogen-bond acceptors (Lipinski definition) is 6. The molecule has 2 heterocycles. The summed E-state index contributed by atoms with van der Waals surface area (Å²) in [5.41, 5.74) is 0. The molecule has 6 heteroatoms. The van der Waals surface area contributed by atoms with Gasteiger partial charge in [-0.3, -0.25) is 0 Å². The van der Waals surface area contributed by atoms with E-state index in [1.54, 1.807) is 13.4 Å². The lowest BCUT2D eigenvalue weighted by molar-refractivity contribution is 0.210. The van der Waals surface area contributed by atoms with E-state index in [0.717, 1.165) is 37.8 Å². The predicted molar refractivity (Wildman–Crippen MR) is 72.1 cm³/mol. The number of methoxy groups -OCH3 is 1. The summed E-state index contributed by atoms with van der Waals surface area (Å²) in [7, 11) is 1.69. The highest BCUT2D eigenvalue weighted by atomic mass is 16.5. The van der Waals surface area contributed by atoms with Crippen molar-refractivity contribution in [1.82, 2.24) is 15.3 Å². The van der Waals surface area contributed by atoms with Gasteiger partial charge in [0.1, 0.15) is 18.0 Å². The fourth-order valence-corrected chi connectivity index (χ4v) is 2.06. The van der Waals surface area contributed by atoms with Gasteiger partial charge in [0, 0.05) is 45.4 Å². The first-order chi connectivity index (χ1) is 8.81. The van der Waals surface area contributed by atoms with Crippen LogP contribution in [0.4, 0.5) is 11.6 Å². The molecule has 2 rings (SSSR count). The number of aromatic nitrogens is 2. The molecule has 2 N–H and O–H groups in total. The van der Waals surface area contributed by atoms with Crippen LogP contribution in [0.5, 0.6) is 0 Å². The Morgan fingerprint density at radius 3 is 3.22 bits per heavy atom. The van der Waals surface area contributed by atoms with Gasteiger partial charge in [0.25, 0.3) is 0 Å². The largest absolute Gasteiger partial charge is 0.383 e. The van der Waals surface area contributed by atoms with E-state index in [9.17, 15) is 0 Å². The Balaban J connectivity index is 2.01. The molecule has 0 spiro atoms. The summed E-state index contributed by atoms with van der Waals surface area (Å²) in [5.74, 6) is 1.83. The zero-order valence-electron chi connectivity index (χ0n) is 11.0. The van der Waals surface area contributed by atoms with Crippen LogP contribution in [0.1, 0.15) is 6.92 Å². The molecule has 1 unspecified atom stereocenters. The van der Waals surface area contributed by atoms with Crippen LogP contribution in [-0.2, 0) is 4.74 Å². The first kappa shape index (κ1) is 13.0. The van der Waals surface area contributed by atoms with Crippen LogP contribution in [0.3, 0.4) is 0 Å². The Morgan fingerprint density at radius 1 is 1.56 bits per heavy atom. The summed E-state index contributed by atoms with van der Waals surface area (Å²) in [6.45, 7) is 6.60. The molecule has 6 nitrogen and oxygen atoms in total. The maximum atomic E-state index is 5.00. The van der Waals surface area contributed by atoms with Gasteiger partial charge in [0.15, 0.2) is 0 Å². The van der Waals surface area contributed by atoms with Gasteiger partial charge in [0.05, 0.1) is 6.61 Å². The Kier molecular flexibility index (Phi) is 4.72. The van der Waals surface area contributed by atoms with Crippen LogP contribution in [-0.4, -0.2) is 55.9 Å². The third-order valence-electron chi connectivity index (χ3n) is 3.06. The molecule has 100 valence electrons. The lowest BCUT2D eigenvalue weighted by Gasteiger charge is -2.34. The fraction of sp³-hybridized carbons (Fsp3) is 0.667. The predicted octanol–water partition coefficient (Wildman–Crippen LogP) is 0.333. The van der Waals surface area contributed by atoms with E-state index < -0.39 is 0 Å². The van der Waals surface area contributed by atoms with Crippen LogP contribution < -0.4 is 15.5 Å². The van der Waals surface area contributed by atoms with E-state index in [4.69, 9.17) is 4.74 Å². The van der Waals surface area contributed by atoms with E-state index in [0.29, 0.717) is 12.6 Å². The molecule has 0 radical (unpaired) electrons. The average Bonchev–Trinajstić information content (AvgIpc) is 2.40. The quantitative estimate of drug-likeness (QED) is 0.736. The van der Waals surface area contributed by atoms with Crippen molar-refractivity contribution >= 4 is 11.6 Å². The van der Waals surface area contributed by atoms with Crippen LogP contribution in [0, 0.1) is 0 Å². The molecule has 1 aliphatic rings. The minimum absolute atomic E-state index is 0.459. The van der Waals surface area contributed by atoms with Crippen molar-refractivity contribution in [2.45, 2.75) is 13.0 Å². The second-order valence-electron chi connectivity index (χ2n) is 4.43. The highest BCUT2D eigenvalue weighted by Crippen LogP contribution is 2.17. The summed E-state index contributed by atoms with van der Waals surface area (Å²) in [6.07, 6.45) is 1.61. The SMILES string of the molecule is COCCNc1cc(N2CCNCC2C)ncn1. The Bertz CT molecular complexity index is 373. The standard InChI is InChI=1S/C12H21N5O/c1-10-8-13-3-5-17(10)12-7-11(15-9-16-12)14-4-6-18-2/h7,9-10,13H,3-6,8H2,1-2H3,(H,14,15,16). The van der Waals surface area contributed by atoms with Gasteiger partial charge in [-0.15, -0.1) is 0 Å². The minimum Gasteiger partial charge on any atom is -0.383 e. The van der Waals surface area contributed by atoms with Crippen molar-refractivity contribution in [3.05, 3.63) is 12.4 Å². The smallest absolute Gasteiger partial charge is 0.134 e. The van der Waals surface area contributed by atoms with Gasteiger partial charge in [0.2, 0.25) is 0 Å². The van der Waals surface area contributed by atoms with Crippen LogP contribution in [0.2, 0.25) is 0 Å². The van der Waals surface area contributed by atoms with Crippen molar-refractivity contribution < 1.29 is 4.74 Å². The van der Waals surface area contributed by atoms with Gasteiger partial charge in [-0.2, -0.15) is 0 Å². The van der Waals surface area contributed by atoms with Crippen molar-refractivity contribution in [2.75, 3.05) is 50.1 Å². The normalized spacial score (nSPS) is 19.9. The van der Waals surface area contributed by atoms with Gasteiger partial charge in [-0.25, -0.2) is 9.97 Å². The maximum Gasteiger partial charge on any atom is 0.134 e. The first-order valence-corrected chi connectivity index (χ1v) is 6.33. The van der Waals surface area contributed by atoms with Crippen molar-refractivity contribution in [3.63, 3.8) is 0 Å². The molecule has 0 amide bonds. The molecule has 1 fully saturated rings. The van der Waals surface area contributed by atoms with E-state index in [1.165, 1.54) is 0 Å². The summed E-state index contributed by atoms with van der Waals surface area (Å²) in [4.78, 5) is 10.9. The van der Waals surface area contributed by atoms with E-state index in [1.807, 2.05) is 6.07 Å². The van der Waals surface area contributed by atoms with Crippen molar-refractivity contribution in [2.24, 2.45) is 0 Å². The fourth-order valence-electron chi connectivity index (χ4n) is 2.06. The third kappa shape index (κ3) is 3.30. The Labute approximate surface area is 108 Å². The first-order valence-electron chi connectivity index (χ1n) is 6.33. The molecule has 18 heavy (non-hydrogen) atoms. The second-order valence-corrected chi connectivity index (χ2v) is 4.43. The van der Waals surface area contributed by atoms with Gasteiger partial charge in [-0.05, 0) is 6.92 Å². The summed E-state index contributed by atoms with van der Waals surface area (Å²) >= 11 is 0. The summed E-state index contributed by atoms with van der Waals surface area (Å²) < 4.78 is 5.00. The number of ether oxygens (including phenoxy) is 1. The second kappa shape index (κ2) is 6.51. The monoisotopic (exact) mass is 251 g/mol. The highest BCUT2D eigenvalue weighted by molar-refractivity contribution is 5.49. The number of nitrogens with zero attached hydrogens (tertiary/aromatic N) is 3. The van der Waals surface area contributed by atoms with Crippen LogP contribution in [0.15, 0.2) is 12.4 Å². The Hall–Kier alpha value is -1.40. The zero-order chi connectivity index (χ0) is 12.8. The molecule has 1 saturated heterocycles. The molecular formula is C12H21N5O. The van der Waals surface area contributed by atoms with Crippen molar-refractivity contribution in [1.29, 1.82) is 0 Å². The number of hydrogen-bond donors (Lipinski definition) is 2. The average molecular weight is 251 g/mol. The van der Waals surface area contributed by atoms with Gasteiger partial charge >= 0.3 is 0 Å². The molecular weight excluding hydrogens is 230 g/mol. The van der Waals surface area contributed by atoms with Gasteiger partial charge < -0.3 is 20.3 Å². The summed E-state index contributed by atoms with van der Waals surface area (Å²) in [6, 6.07) is 2.46. The molecule has 0 saturated carbocycles. The van der Waals surface area contributed by atoms with Crippen molar-refractivity contribution in [3.8, 4) is 0 Å². The van der Waals surface area contributed by atoms with Crippen LogP contribution >= 0.6 is 0 Å². The molecule has 0 aromatic carbocycles. The number of anilines is 2. The number of piperazine rings is 1. The third-order valence-corrected chi connectivity index (χ3v) is 3.06. The highest BCUT2D eigenvalue weighted by Gasteiger charge is 2.19. The Morgan fingerprint density at radius 2 is 2.44 bits per heavy atom. The van der Waals surface area contributed by atoms with E-state index >= 15 is 0 Å². The zero-order valence-corrected chi connectivity index (χ0v) is 11.0. The molecule has 1 aliphatic heterocycles. The molecule has 1 aromatic rings. The topological polar surface area (TPSA) is 62.3 Å². The van der Waals surface area contributed by atoms with Crippen LogP contribution in [0.25, 0.3) is 0 Å². The van der Waals surface area contributed by atoms with E-state index in [2.05, 4.69) is 32.4 Å². The number of nitrogens with one attached hydrogen (secondary N) is 2. The maximum absolute atomic E-state index is 5.00. The lowest BCUT2D eigenvalue weighted by atomic mass is 10.2. The summed E-state index contributed by atoms with van der Waals surface area (Å²) in [5, 5.41) is 6.60. The van der Waals surface area contributed by atoms with E-state index in [-0.39, 0.29) is 0 Å². The van der Waals surface area contributed by atoms with Gasteiger partial charge in [-0.1, -0.05) is 0 Å². The molecule has 1 aromatic heterocycles. The lowest BCUT2D eigenvalue weighted by Crippen LogP contribution is -2.50. The molecule has 0 bridgehead atoms. The number of rotatable bonds is 5.